The molecule has 7 heteroatoms. The molecule has 0 bridgehead atoms. The van der Waals surface area contributed by atoms with Crippen LogP contribution in [0.5, 0.6) is 0 Å². The standard InChI is InChI=1S/C17H25N5OS/c1-12-13(2)24-15(21-12)6-3-7-20-17(23)22-10-4-5-14(11-22)16-18-8-9-19-16/h8-9,14H,3-7,10-11H2,1-2H3,(H,18,19)(H,20,23)/t14-/m1/s1. The summed E-state index contributed by atoms with van der Waals surface area (Å²) >= 11 is 1.76. The van der Waals surface area contributed by atoms with Crippen LogP contribution in [-0.2, 0) is 6.42 Å². The fraction of sp³-hybridized carbons (Fsp3) is 0.588. The van der Waals surface area contributed by atoms with Crippen molar-refractivity contribution in [3.8, 4) is 0 Å². The fourth-order valence-corrected chi connectivity index (χ4v) is 4.05. The Morgan fingerprint density at radius 3 is 3.08 bits per heavy atom. The molecule has 24 heavy (non-hydrogen) atoms. The first-order valence-corrected chi connectivity index (χ1v) is 9.40. The average molecular weight is 347 g/mol. The summed E-state index contributed by atoms with van der Waals surface area (Å²) in [6, 6.07) is 0.0396. The van der Waals surface area contributed by atoms with E-state index < -0.39 is 0 Å². The second-order valence-electron chi connectivity index (χ2n) is 6.34. The lowest BCUT2D eigenvalue weighted by Crippen LogP contribution is -2.45. The summed E-state index contributed by atoms with van der Waals surface area (Å²) in [6.45, 7) is 6.41. The molecular formula is C17H25N5OS. The summed E-state index contributed by atoms with van der Waals surface area (Å²) < 4.78 is 0. The molecule has 2 aromatic heterocycles. The number of urea groups is 1. The molecule has 1 atom stereocenters. The minimum Gasteiger partial charge on any atom is -0.348 e. The molecule has 0 aromatic carbocycles. The highest BCUT2D eigenvalue weighted by Gasteiger charge is 2.25. The lowest BCUT2D eigenvalue weighted by atomic mass is 9.98. The first-order valence-electron chi connectivity index (χ1n) is 8.58. The Balaban J connectivity index is 1.41. The maximum absolute atomic E-state index is 12.4. The number of carbonyl (C=O) groups excluding carboxylic acids is 1. The molecule has 1 saturated heterocycles. The highest BCUT2D eigenvalue weighted by molar-refractivity contribution is 7.11. The number of aromatic nitrogens is 3. The van der Waals surface area contributed by atoms with Crippen LogP contribution in [0.15, 0.2) is 12.4 Å². The minimum absolute atomic E-state index is 0.0396. The van der Waals surface area contributed by atoms with Crippen LogP contribution >= 0.6 is 11.3 Å². The summed E-state index contributed by atoms with van der Waals surface area (Å²) in [7, 11) is 0. The molecule has 0 radical (unpaired) electrons. The van der Waals surface area contributed by atoms with Crippen molar-refractivity contribution in [3.63, 3.8) is 0 Å². The van der Waals surface area contributed by atoms with Crippen LogP contribution in [0.25, 0.3) is 0 Å². The van der Waals surface area contributed by atoms with Crippen LogP contribution in [0.3, 0.4) is 0 Å². The van der Waals surface area contributed by atoms with Crippen molar-refractivity contribution < 1.29 is 4.79 Å². The van der Waals surface area contributed by atoms with E-state index in [9.17, 15) is 4.79 Å². The summed E-state index contributed by atoms with van der Waals surface area (Å²) in [5.74, 6) is 1.31. The van der Waals surface area contributed by atoms with Crippen molar-refractivity contribution >= 4 is 17.4 Å². The summed E-state index contributed by atoms with van der Waals surface area (Å²) in [6.07, 6.45) is 7.57. The number of carbonyl (C=O) groups is 1. The Labute approximate surface area is 146 Å². The summed E-state index contributed by atoms with van der Waals surface area (Å²) in [4.78, 5) is 27.6. The number of aryl methyl sites for hydroxylation is 3. The van der Waals surface area contributed by atoms with E-state index in [2.05, 4.69) is 27.2 Å². The van der Waals surface area contributed by atoms with Gasteiger partial charge in [-0.3, -0.25) is 0 Å². The monoisotopic (exact) mass is 347 g/mol. The molecule has 0 aliphatic carbocycles. The molecule has 0 spiro atoms. The van der Waals surface area contributed by atoms with Crippen molar-refractivity contribution in [1.82, 2.24) is 25.2 Å². The number of amides is 2. The number of imidazole rings is 1. The summed E-state index contributed by atoms with van der Waals surface area (Å²) in [5.41, 5.74) is 1.12. The fourth-order valence-electron chi connectivity index (χ4n) is 3.08. The van der Waals surface area contributed by atoms with E-state index in [1.807, 2.05) is 18.0 Å². The molecule has 1 fully saturated rings. The lowest BCUT2D eigenvalue weighted by Gasteiger charge is -2.31. The highest BCUT2D eigenvalue weighted by Crippen LogP contribution is 2.24. The molecular weight excluding hydrogens is 322 g/mol. The molecule has 3 rings (SSSR count). The molecule has 2 aromatic rings. The number of H-pyrrole nitrogens is 1. The maximum atomic E-state index is 12.4. The second kappa shape index (κ2) is 7.79. The van der Waals surface area contributed by atoms with Gasteiger partial charge in [0.25, 0.3) is 0 Å². The maximum Gasteiger partial charge on any atom is 0.317 e. The zero-order chi connectivity index (χ0) is 16.9. The van der Waals surface area contributed by atoms with E-state index in [0.29, 0.717) is 12.5 Å². The van der Waals surface area contributed by atoms with Crippen molar-refractivity contribution in [3.05, 3.63) is 33.8 Å². The third-order valence-electron chi connectivity index (χ3n) is 4.53. The third kappa shape index (κ3) is 4.14. The first-order chi connectivity index (χ1) is 11.6. The third-order valence-corrected chi connectivity index (χ3v) is 5.66. The molecule has 2 N–H and O–H groups in total. The first kappa shape index (κ1) is 17.0. The van der Waals surface area contributed by atoms with Gasteiger partial charge in [-0.05, 0) is 33.1 Å². The lowest BCUT2D eigenvalue weighted by molar-refractivity contribution is 0.178. The molecule has 0 saturated carbocycles. The molecule has 1 aliphatic rings. The number of nitrogens with one attached hydrogen (secondary N) is 2. The number of rotatable bonds is 5. The van der Waals surface area contributed by atoms with Crippen molar-refractivity contribution in [2.24, 2.45) is 0 Å². The Morgan fingerprint density at radius 1 is 1.50 bits per heavy atom. The van der Waals surface area contributed by atoms with Gasteiger partial charge in [-0.25, -0.2) is 14.8 Å². The zero-order valence-corrected chi connectivity index (χ0v) is 15.2. The number of piperidine rings is 1. The van der Waals surface area contributed by atoms with Gasteiger partial charge in [-0.2, -0.15) is 0 Å². The van der Waals surface area contributed by atoms with E-state index >= 15 is 0 Å². The van der Waals surface area contributed by atoms with Gasteiger partial charge >= 0.3 is 6.03 Å². The van der Waals surface area contributed by atoms with Gasteiger partial charge < -0.3 is 15.2 Å². The van der Waals surface area contributed by atoms with Crippen LogP contribution in [-0.4, -0.2) is 45.5 Å². The average Bonchev–Trinajstić information content (AvgIpc) is 3.22. The number of thiazole rings is 1. The van der Waals surface area contributed by atoms with Gasteiger partial charge in [-0.1, -0.05) is 0 Å². The van der Waals surface area contributed by atoms with Crippen LogP contribution in [0.4, 0.5) is 4.79 Å². The predicted octanol–water partition coefficient (Wildman–Crippen LogP) is 3.00. The van der Waals surface area contributed by atoms with Crippen LogP contribution in [0, 0.1) is 13.8 Å². The number of nitrogens with zero attached hydrogens (tertiary/aromatic N) is 3. The molecule has 2 amide bonds. The van der Waals surface area contributed by atoms with Gasteiger partial charge in [0.15, 0.2) is 0 Å². The molecule has 130 valence electrons. The smallest absolute Gasteiger partial charge is 0.317 e. The number of aromatic amines is 1. The molecule has 6 nitrogen and oxygen atoms in total. The second-order valence-corrected chi connectivity index (χ2v) is 7.63. The van der Waals surface area contributed by atoms with E-state index in [-0.39, 0.29) is 6.03 Å². The molecule has 3 heterocycles. The highest BCUT2D eigenvalue weighted by atomic mass is 32.1. The summed E-state index contributed by atoms with van der Waals surface area (Å²) in [5, 5.41) is 4.21. The molecule has 0 unspecified atom stereocenters. The van der Waals surface area contributed by atoms with E-state index in [1.54, 1.807) is 17.5 Å². The predicted molar refractivity (Wildman–Crippen MR) is 95.4 cm³/mol. The minimum atomic E-state index is 0.0396. The van der Waals surface area contributed by atoms with Crippen molar-refractivity contribution in [2.75, 3.05) is 19.6 Å². The van der Waals surface area contributed by atoms with Crippen molar-refractivity contribution in [2.45, 2.75) is 45.4 Å². The number of likely N-dealkylation sites (tertiary alicyclic amines) is 1. The Bertz CT molecular complexity index is 647. The Morgan fingerprint density at radius 2 is 2.38 bits per heavy atom. The molecule has 1 aliphatic heterocycles. The van der Waals surface area contributed by atoms with Gasteiger partial charge in [-0.15, -0.1) is 11.3 Å². The van der Waals surface area contributed by atoms with Gasteiger partial charge in [0.1, 0.15) is 5.82 Å². The van der Waals surface area contributed by atoms with Gasteiger partial charge in [0.05, 0.1) is 10.7 Å². The van der Waals surface area contributed by atoms with Gasteiger partial charge in [0, 0.05) is 49.2 Å². The van der Waals surface area contributed by atoms with E-state index in [4.69, 9.17) is 0 Å². The van der Waals surface area contributed by atoms with E-state index in [1.165, 1.54) is 4.88 Å². The van der Waals surface area contributed by atoms with Crippen LogP contribution in [0.2, 0.25) is 0 Å². The van der Waals surface area contributed by atoms with Crippen molar-refractivity contribution in [1.29, 1.82) is 0 Å². The Hall–Kier alpha value is -1.89. The number of hydrogen-bond acceptors (Lipinski definition) is 4. The zero-order valence-electron chi connectivity index (χ0n) is 14.3. The largest absolute Gasteiger partial charge is 0.348 e. The Kier molecular flexibility index (Phi) is 5.50. The number of hydrogen-bond donors (Lipinski definition) is 2. The SMILES string of the molecule is Cc1nc(CCCNC(=O)N2CCC[C@@H](c3ncc[nH]3)C2)sc1C. The van der Waals surface area contributed by atoms with E-state index in [0.717, 1.165) is 55.3 Å². The van der Waals surface area contributed by atoms with Gasteiger partial charge in [0.2, 0.25) is 0 Å². The van der Waals surface area contributed by atoms with Crippen LogP contribution in [0.1, 0.15) is 46.6 Å². The van der Waals surface area contributed by atoms with Crippen LogP contribution < -0.4 is 5.32 Å². The normalized spacial score (nSPS) is 17.9. The topological polar surface area (TPSA) is 73.9 Å². The quantitative estimate of drug-likeness (QED) is 0.817.